The van der Waals surface area contributed by atoms with Gasteiger partial charge in [0.2, 0.25) is 0 Å². The first kappa shape index (κ1) is 9.00. The number of nitrogens with zero attached hydrogens (tertiary/aromatic N) is 1. The van der Waals surface area contributed by atoms with E-state index in [1.165, 1.54) is 29.1 Å². The molecule has 1 aliphatic rings. The van der Waals surface area contributed by atoms with Crippen LogP contribution < -0.4 is 5.32 Å². The van der Waals surface area contributed by atoms with Crippen molar-refractivity contribution in [3.05, 3.63) is 23.0 Å². The Hall–Kier alpha value is -0.570. The van der Waals surface area contributed by atoms with Crippen molar-refractivity contribution in [2.75, 3.05) is 11.9 Å². The van der Waals surface area contributed by atoms with Crippen LogP contribution in [0.5, 0.6) is 0 Å². The number of halogens is 1. The van der Waals surface area contributed by atoms with Gasteiger partial charge in [-0.05, 0) is 31.4 Å². The molecule has 0 spiro atoms. The molecular formula is C10H13BrN2. The molecular weight excluding hydrogens is 228 g/mol. The van der Waals surface area contributed by atoms with Gasteiger partial charge < -0.3 is 5.32 Å². The molecule has 3 heteroatoms. The molecule has 0 saturated carbocycles. The minimum absolute atomic E-state index is 0.853. The Morgan fingerprint density at radius 3 is 3.23 bits per heavy atom. The zero-order valence-electron chi connectivity index (χ0n) is 7.73. The summed E-state index contributed by atoms with van der Waals surface area (Å²) in [4.78, 5) is 4.62. The Morgan fingerprint density at radius 1 is 1.62 bits per heavy atom. The lowest BCUT2D eigenvalue weighted by molar-refractivity contribution is 0.794. The van der Waals surface area contributed by atoms with Crippen LogP contribution in [0, 0.1) is 6.92 Å². The van der Waals surface area contributed by atoms with Crippen LogP contribution in [0.25, 0.3) is 0 Å². The maximum absolute atomic E-state index is 4.62. The van der Waals surface area contributed by atoms with Gasteiger partial charge in [0.05, 0.1) is 17.1 Å². The third kappa shape index (κ3) is 1.70. The summed E-state index contributed by atoms with van der Waals surface area (Å²) in [7, 11) is 0. The number of nitrogens with one attached hydrogen (secondary N) is 1. The molecule has 0 saturated heterocycles. The van der Waals surface area contributed by atoms with Crippen LogP contribution in [0.2, 0.25) is 0 Å². The van der Waals surface area contributed by atoms with E-state index in [4.69, 9.17) is 0 Å². The first-order valence-electron chi connectivity index (χ1n) is 4.60. The molecule has 1 N–H and O–H groups in total. The van der Waals surface area contributed by atoms with Gasteiger partial charge in [-0.3, -0.25) is 4.98 Å². The molecule has 0 amide bonds. The van der Waals surface area contributed by atoms with E-state index in [0.29, 0.717) is 0 Å². The number of pyridine rings is 1. The number of hydrogen-bond donors (Lipinski definition) is 1. The van der Waals surface area contributed by atoms with Gasteiger partial charge in [-0.1, -0.05) is 15.9 Å². The third-order valence-corrected chi connectivity index (χ3v) is 2.96. The summed E-state index contributed by atoms with van der Waals surface area (Å²) >= 11 is 3.45. The van der Waals surface area contributed by atoms with Gasteiger partial charge in [0.15, 0.2) is 0 Å². The molecule has 0 fully saturated rings. The average molecular weight is 241 g/mol. The Labute approximate surface area is 86.9 Å². The molecule has 13 heavy (non-hydrogen) atoms. The third-order valence-electron chi connectivity index (χ3n) is 2.43. The van der Waals surface area contributed by atoms with Crippen molar-refractivity contribution in [1.29, 1.82) is 0 Å². The smallest absolute Gasteiger partial charge is 0.0639 e. The van der Waals surface area contributed by atoms with Crippen LogP contribution >= 0.6 is 15.9 Å². The van der Waals surface area contributed by atoms with Gasteiger partial charge in [-0.25, -0.2) is 0 Å². The number of aromatic nitrogens is 1. The van der Waals surface area contributed by atoms with Crippen molar-refractivity contribution in [2.45, 2.75) is 25.1 Å². The molecule has 1 aromatic heterocycles. The molecule has 1 aliphatic heterocycles. The number of hydrogen-bond acceptors (Lipinski definition) is 2. The number of rotatable bonds is 1. The highest BCUT2D eigenvalue weighted by atomic mass is 79.9. The molecule has 0 bridgehead atoms. The Balaban J connectivity index is 2.44. The lowest BCUT2D eigenvalue weighted by Gasteiger charge is -2.18. The van der Waals surface area contributed by atoms with Crippen molar-refractivity contribution in [2.24, 2.45) is 0 Å². The highest BCUT2D eigenvalue weighted by Crippen LogP contribution is 2.23. The Morgan fingerprint density at radius 2 is 2.46 bits per heavy atom. The molecule has 0 aromatic carbocycles. The number of fused-ring (bicyclic) bond motifs is 1. The summed E-state index contributed by atoms with van der Waals surface area (Å²) in [5, 5.41) is 4.23. The van der Waals surface area contributed by atoms with Gasteiger partial charge in [-0.15, -0.1) is 0 Å². The summed E-state index contributed by atoms with van der Waals surface area (Å²) < 4.78 is 0. The molecule has 2 rings (SSSR count). The molecule has 70 valence electrons. The lowest BCUT2D eigenvalue weighted by atomic mass is 10.1. The molecule has 2 nitrogen and oxygen atoms in total. The minimum atomic E-state index is 0.853. The summed E-state index contributed by atoms with van der Waals surface area (Å²) in [6, 6.07) is 2.21. The Bertz CT molecular complexity index is 323. The molecule has 2 heterocycles. The molecule has 0 atom stereocenters. The zero-order chi connectivity index (χ0) is 9.26. The largest absolute Gasteiger partial charge is 0.384 e. The summed E-state index contributed by atoms with van der Waals surface area (Å²) in [6.45, 7) is 3.20. The molecule has 0 aliphatic carbocycles. The predicted molar refractivity (Wildman–Crippen MR) is 58.4 cm³/mol. The monoisotopic (exact) mass is 240 g/mol. The maximum Gasteiger partial charge on any atom is 0.0639 e. The van der Waals surface area contributed by atoms with Gasteiger partial charge in [0.25, 0.3) is 0 Å². The fraction of sp³-hybridized carbons (Fsp3) is 0.500. The van der Waals surface area contributed by atoms with E-state index in [2.05, 4.69) is 39.2 Å². The minimum Gasteiger partial charge on any atom is -0.384 e. The topological polar surface area (TPSA) is 24.9 Å². The van der Waals surface area contributed by atoms with Crippen LogP contribution in [-0.2, 0) is 11.8 Å². The van der Waals surface area contributed by atoms with Crippen molar-refractivity contribution < 1.29 is 0 Å². The fourth-order valence-electron chi connectivity index (χ4n) is 1.65. The predicted octanol–water partition coefficient (Wildman–Crippen LogP) is 2.64. The van der Waals surface area contributed by atoms with E-state index in [-0.39, 0.29) is 0 Å². The molecule has 0 unspecified atom stereocenters. The zero-order valence-corrected chi connectivity index (χ0v) is 9.32. The summed E-state index contributed by atoms with van der Waals surface area (Å²) in [5.41, 5.74) is 4.90. The van der Waals surface area contributed by atoms with E-state index in [9.17, 15) is 0 Å². The van der Waals surface area contributed by atoms with E-state index < -0.39 is 0 Å². The maximum atomic E-state index is 4.62. The van der Waals surface area contributed by atoms with Gasteiger partial charge in [-0.2, -0.15) is 0 Å². The SMILES string of the molecule is Cc1cc2c(nc1CBr)CCCN2. The first-order valence-corrected chi connectivity index (χ1v) is 5.72. The standard InChI is InChI=1S/C10H13BrN2/c1-7-5-9-8(3-2-4-12-9)13-10(7)6-11/h5,12H,2-4,6H2,1H3. The second kappa shape index (κ2) is 3.66. The Kier molecular flexibility index (Phi) is 2.54. The fourth-order valence-corrected chi connectivity index (χ4v) is 2.22. The van der Waals surface area contributed by atoms with Crippen molar-refractivity contribution in [3.63, 3.8) is 0 Å². The normalized spacial score (nSPS) is 14.9. The van der Waals surface area contributed by atoms with Crippen LogP contribution in [0.15, 0.2) is 6.07 Å². The lowest BCUT2D eigenvalue weighted by Crippen LogP contribution is -2.14. The van der Waals surface area contributed by atoms with Crippen LogP contribution in [-0.4, -0.2) is 11.5 Å². The molecule has 1 aromatic rings. The number of aryl methyl sites for hydroxylation is 2. The van der Waals surface area contributed by atoms with Crippen molar-refractivity contribution >= 4 is 21.6 Å². The average Bonchev–Trinajstić information content (AvgIpc) is 2.17. The van der Waals surface area contributed by atoms with Gasteiger partial charge >= 0.3 is 0 Å². The van der Waals surface area contributed by atoms with Gasteiger partial charge in [0.1, 0.15) is 0 Å². The van der Waals surface area contributed by atoms with E-state index in [1.807, 2.05) is 0 Å². The summed E-state index contributed by atoms with van der Waals surface area (Å²) in [5.74, 6) is 0. The number of alkyl halides is 1. The van der Waals surface area contributed by atoms with E-state index in [1.54, 1.807) is 0 Å². The molecule has 0 radical (unpaired) electrons. The van der Waals surface area contributed by atoms with Crippen LogP contribution in [0.4, 0.5) is 5.69 Å². The van der Waals surface area contributed by atoms with Crippen molar-refractivity contribution in [1.82, 2.24) is 4.98 Å². The van der Waals surface area contributed by atoms with E-state index in [0.717, 1.165) is 18.3 Å². The first-order chi connectivity index (χ1) is 6.31. The highest BCUT2D eigenvalue weighted by molar-refractivity contribution is 9.08. The van der Waals surface area contributed by atoms with Gasteiger partial charge in [0, 0.05) is 11.9 Å². The van der Waals surface area contributed by atoms with Crippen LogP contribution in [0.3, 0.4) is 0 Å². The second-order valence-corrected chi connectivity index (χ2v) is 3.97. The number of anilines is 1. The quantitative estimate of drug-likeness (QED) is 0.764. The van der Waals surface area contributed by atoms with Crippen molar-refractivity contribution in [3.8, 4) is 0 Å². The van der Waals surface area contributed by atoms with Crippen LogP contribution in [0.1, 0.15) is 23.4 Å². The second-order valence-electron chi connectivity index (χ2n) is 3.41. The van der Waals surface area contributed by atoms with E-state index >= 15 is 0 Å². The highest BCUT2D eigenvalue weighted by Gasteiger charge is 2.11. The summed E-state index contributed by atoms with van der Waals surface area (Å²) in [6.07, 6.45) is 2.31.